The van der Waals surface area contributed by atoms with Crippen LogP contribution >= 0.6 is 11.6 Å². The van der Waals surface area contributed by atoms with Gasteiger partial charge in [0, 0.05) is 22.8 Å². The fourth-order valence-electron chi connectivity index (χ4n) is 2.42. The standard InChI is InChI=1S/C18H16ClN3O/c1-2-22(15-9-4-3-5-10-15)18(23)17-12-16(20-21-17)13-7-6-8-14(19)11-13/h3-12H,2H2,1H3,(H,20,21). The van der Waals surface area contributed by atoms with Gasteiger partial charge in [0.2, 0.25) is 0 Å². The van der Waals surface area contributed by atoms with Crippen molar-refractivity contribution in [3.63, 3.8) is 0 Å². The van der Waals surface area contributed by atoms with Crippen LogP contribution < -0.4 is 4.90 Å². The van der Waals surface area contributed by atoms with Crippen molar-refractivity contribution in [1.29, 1.82) is 0 Å². The zero-order valence-corrected chi connectivity index (χ0v) is 13.4. The number of H-pyrrole nitrogens is 1. The average molecular weight is 326 g/mol. The number of halogens is 1. The van der Waals surface area contributed by atoms with E-state index in [0.29, 0.717) is 23.0 Å². The Morgan fingerprint density at radius 1 is 1.13 bits per heavy atom. The van der Waals surface area contributed by atoms with Gasteiger partial charge in [-0.1, -0.05) is 41.9 Å². The maximum atomic E-state index is 12.7. The van der Waals surface area contributed by atoms with E-state index in [4.69, 9.17) is 11.6 Å². The Bertz CT molecular complexity index is 814. The first-order valence-electron chi connectivity index (χ1n) is 7.37. The van der Waals surface area contributed by atoms with Crippen LogP contribution in [0.3, 0.4) is 0 Å². The number of benzene rings is 2. The maximum absolute atomic E-state index is 12.7. The van der Waals surface area contributed by atoms with Crippen molar-refractivity contribution in [3.05, 3.63) is 71.4 Å². The molecule has 3 rings (SSSR count). The van der Waals surface area contributed by atoms with Gasteiger partial charge in [0.25, 0.3) is 5.91 Å². The van der Waals surface area contributed by atoms with E-state index < -0.39 is 0 Å². The highest BCUT2D eigenvalue weighted by molar-refractivity contribution is 6.30. The third-order valence-corrected chi connectivity index (χ3v) is 3.79. The molecule has 23 heavy (non-hydrogen) atoms. The molecule has 0 radical (unpaired) electrons. The number of rotatable bonds is 4. The maximum Gasteiger partial charge on any atom is 0.276 e. The Labute approximate surface area is 139 Å². The first kappa shape index (κ1) is 15.3. The Morgan fingerprint density at radius 2 is 1.91 bits per heavy atom. The molecule has 116 valence electrons. The van der Waals surface area contributed by atoms with Gasteiger partial charge in [0.1, 0.15) is 5.69 Å². The molecule has 0 aliphatic rings. The lowest BCUT2D eigenvalue weighted by Gasteiger charge is -2.19. The molecule has 0 spiro atoms. The second kappa shape index (κ2) is 6.67. The molecule has 0 saturated carbocycles. The van der Waals surface area contributed by atoms with Crippen molar-refractivity contribution in [3.8, 4) is 11.3 Å². The van der Waals surface area contributed by atoms with E-state index in [1.54, 1.807) is 17.0 Å². The summed E-state index contributed by atoms with van der Waals surface area (Å²) in [5, 5.41) is 7.69. The van der Waals surface area contributed by atoms with Crippen molar-refractivity contribution in [2.45, 2.75) is 6.92 Å². The van der Waals surface area contributed by atoms with Crippen molar-refractivity contribution >= 4 is 23.2 Å². The largest absolute Gasteiger partial charge is 0.307 e. The van der Waals surface area contributed by atoms with E-state index in [1.165, 1.54) is 0 Å². The summed E-state index contributed by atoms with van der Waals surface area (Å²) in [6, 6.07) is 18.7. The minimum absolute atomic E-state index is 0.112. The summed E-state index contributed by atoms with van der Waals surface area (Å²) in [4.78, 5) is 14.4. The highest BCUT2D eigenvalue weighted by Crippen LogP contribution is 2.23. The van der Waals surface area contributed by atoms with Crippen LogP contribution in [0.1, 0.15) is 17.4 Å². The molecule has 1 amide bonds. The lowest BCUT2D eigenvalue weighted by molar-refractivity contribution is 0.0983. The SMILES string of the molecule is CCN(C(=O)c1cc(-c2cccc(Cl)c2)n[nH]1)c1ccccc1. The zero-order valence-electron chi connectivity index (χ0n) is 12.7. The van der Waals surface area contributed by atoms with Gasteiger partial charge in [-0.15, -0.1) is 0 Å². The topological polar surface area (TPSA) is 49.0 Å². The number of hydrogen-bond acceptors (Lipinski definition) is 2. The van der Waals surface area contributed by atoms with Gasteiger partial charge in [-0.3, -0.25) is 9.89 Å². The minimum Gasteiger partial charge on any atom is -0.307 e. The third-order valence-electron chi connectivity index (χ3n) is 3.56. The van der Waals surface area contributed by atoms with Gasteiger partial charge in [-0.2, -0.15) is 5.10 Å². The summed E-state index contributed by atoms with van der Waals surface area (Å²) in [5.41, 5.74) is 2.88. The number of amides is 1. The van der Waals surface area contributed by atoms with Gasteiger partial charge < -0.3 is 4.90 Å². The number of nitrogens with zero attached hydrogens (tertiary/aromatic N) is 2. The van der Waals surface area contributed by atoms with E-state index in [9.17, 15) is 4.79 Å². The monoisotopic (exact) mass is 325 g/mol. The van der Waals surface area contributed by atoms with Gasteiger partial charge in [-0.05, 0) is 37.3 Å². The van der Waals surface area contributed by atoms with E-state index in [1.807, 2.05) is 55.5 Å². The molecule has 4 nitrogen and oxygen atoms in total. The van der Waals surface area contributed by atoms with Crippen LogP contribution in [0.5, 0.6) is 0 Å². The molecule has 3 aromatic rings. The molecule has 0 saturated heterocycles. The Balaban J connectivity index is 1.89. The molecule has 2 aromatic carbocycles. The number of aromatic nitrogens is 2. The van der Waals surface area contributed by atoms with E-state index >= 15 is 0 Å². The number of anilines is 1. The number of hydrogen-bond donors (Lipinski definition) is 1. The number of carbonyl (C=O) groups is 1. The van der Waals surface area contributed by atoms with Crippen LogP contribution in [0.4, 0.5) is 5.69 Å². The summed E-state index contributed by atoms with van der Waals surface area (Å²) in [7, 11) is 0. The summed E-state index contributed by atoms with van der Waals surface area (Å²) in [6.45, 7) is 2.52. The first-order chi connectivity index (χ1) is 11.2. The van der Waals surface area contributed by atoms with Gasteiger partial charge >= 0.3 is 0 Å². The summed E-state index contributed by atoms with van der Waals surface area (Å²) < 4.78 is 0. The van der Waals surface area contributed by atoms with Gasteiger partial charge in [-0.25, -0.2) is 0 Å². The Hall–Kier alpha value is -2.59. The summed E-state index contributed by atoms with van der Waals surface area (Å²) >= 11 is 6.00. The van der Waals surface area contributed by atoms with Crippen LogP contribution in [0, 0.1) is 0 Å². The zero-order chi connectivity index (χ0) is 16.2. The molecule has 5 heteroatoms. The van der Waals surface area contributed by atoms with Crippen LogP contribution in [0.25, 0.3) is 11.3 Å². The van der Waals surface area contributed by atoms with E-state index in [0.717, 1.165) is 11.3 Å². The molecule has 0 aliphatic heterocycles. The fraction of sp³-hybridized carbons (Fsp3) is 0.111. The summed E-state index contributed by atoms with van der Waals surface area (Å²) in [6.07, 6.45) is 0. The molecule has 1 aromatic heterocycles. The van der Waals surface area contributed by atoms with Crippen molar-refractivity contribution < 1.29 is 4.79 Å². The van der Waals surface area contributed by atoms with Crippen LogP contribution in [0.2, 0.25) is 5.02 Å². The summed E-state index contributed by atoms with van der Waals surface area (Å²) in [5.74, 6) is -0.112. The van der Waals surface area contributed by atoms with E-state index in [2.05, 4.69) is 10.2 Å². The second-order valence-corrected chi connectivity index (χ2v) is 5.50. The lowest BCUT2D eigenvalue weighted by Crippen LogP contribution is -2.30. The Morgan fingerprint density at radius 3 is 2.61 bits per heavy atom. The average Bonchev–Trinajstić information content (AvgIpc) is 3.06. The van der Waals surface area contributed by atoms with Gasteiger partial charge in [0.05, 0.1) is 5.69 Å². The molecule has 0 unspecified atom stereocenters. The number of nitrogens with one attached hydrogen (secondary N) is 1. The number of aromatic amines is 1. The molecular formula is C18H16ClN3O. The highest BCUT2D eigenvalue weighted by Gasteiger charge is 2.18. The molecule has 0 atom stereocenters. The van der Waals surface area contributed by atoms with Crippen LogP contribution in [0.15, 0.2) is 60.7 Å². The smallest absolute Gasteiger partial charge is 0.276 e. The molecule has 1 heterocycles. The lowest BCUT2D eigenvalue weighted by atomic mass is 10.1. The van der Waals surface area contributed by atoms with Crippen molar-refractivity contribution in [1.82, 2.24) is 10.2 Å². The highest BCUT2D eigenvalue weighted by atomic mass is 35.5. The molecule has 0 bridgehead atoms. The fourth-order valence-corrected chi connectivity index (χ4v) is 2.61. The van der Waals surface area contributed by atoms with E-state index in [-0.39, 0.29) is 5.91 Å². The van der Waals surface area contributed by atoms with Crippen molar-refractivity contribution in [2.24, 2.45) is 0 Å². The normalized spacial score (nSPS) is 10.5. The molecular weight excluding hydrogens is 310 g/mol. The predicted octanol–water partition coefficient (Wildman–Crippen LogP) is 4.40. The van der Waals surface area contributed by atoms with Crippen LogP contribution in [-0.2, 0) is 0 Å². The minimum atomic E-state index is -0.112. The Kier molecular flexibility index (Phi) is 4.44. The molecule has 0 aliphatic carbocycles. The number of carbonyl (C=O) groups excluding carboxylic acids is 1. The quantitative estimate of drug-likeness (QED) is 0.773. The van der Waals surface area contributed by atoms with Crippen molar-refractivity contribution in [2.75, 3.05) is 11.4 Å². The first-order valence-corrected chi connectivity index (χ1v) is 7.75. The van der Waals surface area contributed by atoms with Crippen LogP contribution in [-0.4, -0.2) is 22.6 Å². The second-order valence-electron chi connectivity index (χ2n) is 5.06. The molecule has 0 fully saturated rings. The van der Waals surface area contributed by atoms with Gasteiger partial charge in [0.15, 0.2) is 0 Å². The predicted molar refractivity (Wildman–Crippen MR) is 92.8 cm³/mol. The number of para-hydroxylation sites is 1. The third kappa shape index (κ3) is 3.27. The molecule has 1 N–H and O–H groups in total.